The number of hydrogen-bond donors (Lipinski definition) is 0. The summed E-state index contributed by atoms with van der Waals surface area (Å²) in [5.41, 5.74) is 3.60. The van der Waals surface area contributed by atoms with Gasteiger partial charge >= 0.3 is 0 Å². The molecule has 0 amide bonds. The van der Waals surface area contributed by atoms with Gasteiger partial charge in [0, 0.05) is 30.5 Å². The molecule has 39 heavy (non-hydrogen) atoms. The summed E-state index contributed by atoms with van der Waals surface area (Å²) >= 11 is 1.50. The molecule has 0 N–H and O–H groups in total. The highest BCUT2D eigenvalue weighted by Gasteiger charge is 2.33. The van der Waals surface area contributed by atoms with Gasteiger partial charge in [-0.05, 0) is 66.9 Å². The van der Waals surface area contributed by atoms with E-state index in [1.165, 1.54) is 11.3 Å². The van der Waals surface area contributed by atoms with Gasteiger partial charge in [0.1, 0.15) is 17.6 Å². The average molecular weight is 630 g/mol. The maximum absolute atomic E-state index is 13.0. The van der Waals surface area contributed by atoms with E-state index >= 15 is 0 Å². The highest BCUT2D eigenvalue weighted by molar-refractivity contribution is 8.93. The molecular formula is C28H29BrN4O4S2. The Labute approximate surface area is 242 Å². The molecule has 6 rings (SSSR count). The second-order valence-corrected chi connectivity index (χ2v) is 12.1. The first-order valence-corrected chi connectivity index (χ1v) is 15.0. The topological polar surface area (TPSA) is 88.2 Å². The lowest BCUT2D eigenvalue weighted by Crippen LogP contribution is -2.35. The van der Waals surface area contributed by atoms with Crippen LogP contribution >= 0.6 is 28.3 Å². The summed E-state index contributed by atoms with van der Waals surface area (Å²) in [6, 6.07) is 18.6. The molecule has 1 saturated heterocycles. The standard InChI is InChI=1S/C28H28N4O4S2.BrH/c1-35-22-11-7-20(8-12-22)24-18-26(27-6-5-17-36-27)32(30-24)28-29-25(19-37-28)21-9-13-23(14-10-21)38(33,34)31-15-3-2-4-16-31;/h5-14,17,19,26H,2-4,15-16,18H2,1H3;1H. The Morgan fingerprint density at radius 1 is 0.974 bits per heavy atom. The summed E-state index contributed by atoms with van der Waals surface area (Å²) in [4.78, 5) is 5.20. The number of aromatic nitrogens is 1. The van der Waals surface area contributed by atoms with E-state index in [1.54, 1.807) is 29.8 Å². The van der Waals surface area contributed by atoms with Crippen LogP contribution in [0.25, 0.3) is 11.3 Å². The van der Waals surface area contributed by atoms with Gasteiger partial charge in [0.25, 0.3) is 0 Å². The molecule has 204 valence electrons. The number of hydrogen-bond acceptors (Lipinski definition) is 8. The Morgan fingerprint density at radius 2 is 1.69 bits per heavy atom. The third-order valence-electron chi connectivity index (χ3n) is 7.00. The van der Waals surface area contributed by atoms with Gasteiger partial charge in [0.2, 0.25) is 15.2 Å². The number of methoxy groups -OCH3 is 1. The van der Waals surface area contributed by atoms with Crippen LogP contribution in [0.15, 0.2) is 86.7 Å². The zero-order chi connectivity index (χ0) is 26.1. The van der Waals surface area contributed by atoms with Crippen LogP contribution in [0, 0.1) is 0 Å². The number of halogens is 1. The van der Waals surface area contributed by atoms with E-state index in [4.69, 9.17) is 19.2 Å². The molecule has 0 saturated carbocycles. The highest BCUT2D eigenvalue weighted by Crippen LogP contribution is 2.39. The second-order valence-electron chi connectivity index (χ2n) is 9.36. The fourth-order valence-electron chi connectivity index (χ4n) is 4.90. The Balaban J connectivity index is 0.00000308. The van der Waals surface area contributed by atoms with Crippen LogP contribution in [0.5, 0.6) is 5.75 Å². The summed E-state index contributed by atoms with van der Waals surface area (Å²) in [7, 11) is -1.82. The Bertz CT molecular complexity index is 1530. The van der Waals surface area contributed by atoms with Crippen molar-refractivity contribution in [3.8, 4) is 17.0 Å². The van der Waals surface area contributed by atoms with Crippen molar-refractivity contribution in [2.24, 2.45) is 5.10 Å². The molecule has 4 aromatic rings. The van der Waals surface area contributed by atoms with Crippen molar-refractivity contribution in [3.63, 3.8) is 0 Å². The Hall–Kier alpha value is -2.99. The molecule has 0 bridgehead atoms. The zero-order valence-corrected chi connectivity index (χ0v) is 24.7. The number of furan rings is 1. The van der Waals surface area contributed by atoms with Gasteiger partial charge in [0.05, 0.1) is 29.7 Å². The SMILES string of the molecule is Br.COc1ccc(C2=NN(c3nc(-c4ccc(S(=O)(=O)N5CCCCC5)cc4)cs3)C(c3ccco3)C2)cc1. The monoisotopic (exact) mass is 628 g/mol. The summed E-state index contributed by atoms with van der Waals surface area (Å²) in [5, 5.41) is 9.58. The van der Waals surface area contributed by atoms with Crippen molar-refractivity contribution in [2.45, 2.75) is 36.6 Å². The quantitative estimate of drug-likeness (QED) is 0.231. The third-order valence-corrected chi connectivity index (χ3v) is 9.74. The summed E-state index contributed by atoms with van der Waals surface area (Å²) < 4.78 is 38.7. The minimum Gasteiger partial charge on any atom is -0.497 e. The van der Waals surface area contributed by atoms with E-state index in [1.807, 2.05) is 58.9 Å². The lowest BCUT2D eigenvalue weighted by atomic mass is 10.0. The number of hydrazone groups is 1. The van der Waals surface area contributed by atoms with Crippen molar-refractivity contribution in [1.29, 1.82) is 0 Å². The Kier molecular flexibility index (Phi) is 8.22. The molecule has 0 spiro atoms. The molecule has 2 aliphatic heterocycles. The Morgan fingerprint density at radius 3 is 2.36 bits per heavy atom. The maximum Gasteiger partial charge on any atom is 0.243 e. The smallest absolute Gasteiger partial charge is 0.243 e. The van der Waals surface area contributed by atoms with Gasteiger partial charge < -0.3 is 9.15 Å². The number of sulfonamides is 1. The van der Waals surface area contributed by atoms with E-state index in [0.717, 1.165) is 58.4 Å². The van der Waals surface area contributed by atoms with E-state index in [0.29, 0.717) is 24.4 Å². The molecule has 11 heteroatoms. The molecule has 2 aliphatic rings. The van der Waals surface area contributed by atoms with E-state index in [9.17, 15) is 8.42 Å². The molecule has 1 fully saturated rings. The van der Waals surface area contributed by atoms with Gasteiger partial charge in [-0.2, -0.15) is 9.41 Å². The van der Waals surface area contributed by atoms with Crippen LogP contribution < -0.4 is 9.75 Å². The molecule has 4 heterocycles. The lowest BCUT2D eigenvalue weighted by Gasteiger charge is -2.25. The van der Waals surface area contributed by atoms with Gasteiger partial charge in [-0.15, -0.1) is 28.3 Å². The number of ether oxygens (including phenoxy) is 1. The van der Waals surface area contributed by atoms with E-state index in [2.05, 4.69) is 0 Å². The van der Waals surface area contributed by atoms with Gasteiger partial charge in [-0.1, -0.05) is 18.6 Å². The van der Waals surface area contributed by atoms with Gasteiger partial charge in [0.15, 0.2) is 0 Å². The first-order chi connectivity index (χ1) is 18.5. The summed E-state index contributed by atoms with van der Waals surface area (Å²) in [6.45, 7) is 1.18. The van der Waals surface area contributed by atoms with Crippen LogP contribution in [0.3, 0.4) is 0 Å². The van der Waals surface area contributed by atoms with Crippen molar-refractivity contribution in [1.82, 2.24) is 9.29 Å². The fraction of sp³-hybridized carbons (Fsp3) is 0.286. The van der Waals surface area contributed by atoms with Crippen molar-refractivity contribution < 1.29 is 17.6 Å². The van der Waals surface area contributed by atoms with E-state index in [-0.39, 0.29) is 23.0 Å². The van der Waals surface area contributed by atoms with Crippen LogP contribution in [0.4, 0.5) is 5.13 Å². The predicted octanol–water partition coefficient (Wildman–Crippen LogP) is 6.52. The number of piperidine rings is 1. The second kappa shape index (κ2) is 11.6. The largest absolute Gasteiger partial charge is 0.497 e. The van der Waals surface area contributed by atoms with Crippen molar-refractivity contribution in [2.75, 3.05) is 25.2 Å². The third kappa shape index (κ3) is 5.54. The first kappa shape index (κ1) is 27.6. The minimum atomic E-state index is -3.47. The van der Waals surface area contributed by atoms with Gasteiger partial charge in [-0.3, -0.25) is 0 Å². The van der Waals surface area contributed by atoms with E-state index < -0.39 is 10.0 Å². The van der Waals surface area contributed by atoms with Gasteiger partial charge in [-0.25, -0.2) is 18.4 Å². The van der Waals surface area contributed by atoms with Crippen molar-refractivity contribution in [3.05, 3.63) is 83.6 Å². The zero-order valence-electron chi connectivity index (χ0n) is 21.4. The average Bonchev–Trinajstić information content (AvgIpc) is 3.74. The summed E-state index contributed by atoms with van der Waals surface area (Å²) in [5.74, 6) is 1.62. The lowest BCUT2D eigenvalue weighted by molar-refractivity contribution is 0.346. The fourth-order valence-corrected chi connectivity index (χ4v) is 7.25. The number of rotatable bonds is 7. The number of nitrogens with zero attached hydrogens (tertiary/aromatic N) is 4. The predicted molar refractivity (Wildman–Crippen MR) is 159 cm³/mol. The van der Waals surface area contributed by atoms with Crippen LogP contribution in [0.1, 0.15) is 43.0 Å². The number of benzene rings is 2. The molecule has 1 unspecified atom stereocenters. The molecule has 0 radical (unpaired) electrons. The van der Waals surface area contributed by atoms with Crippen LogP contribution in [0.2, 0.25) is 0 Å². The molecule has 2 aromatic heterocycles. The van der Waals surface area contributed by atoms with Crippen molar-refractivity contribution >= 4 is 49.2 Å². The first-order valence-electron chi connectivity index (χ1n) is 12.6. The molecule has 2 aromatic carbocycles. The molecular weight excluding hydrogens is 600 g/mol. The molecule has 8 nitrogen and oxygen atoms in total. The highest BCUT2D eigenvalue weighted by atomic mass is 79.9. The normalized spacial score (nSPS) is 18.0. The number of anilines is 1. The summed E-state index contributed by atoms with van der Waals surface area (Å²) in [6.07, 6.45) is 5.26. The van der Waals surface area contributed by atoms with Crippen LogP contribution in [-0.4, -0.2) is 43.6 Å². The molecule has 1 atom stereocenters. The van der Waals surface area contributed by atoms with Crippen LogP contribution in [-0.2, 0) is 10.0 Å². The molecule has 0 aliphatic carbocycles. The maximum atomic E-state index is 13.0. The minimum absolute atomic E-state index is 0. The number of thiazole rings is 1.